The van der Waals surface area contributed by atoms with Crippen LogP contribution in [0.4, 0.5) is 22.7 Å². The number of phenols is 1. The number of anilines is 4. The van der Waals surface area contributed by atoms with Crippen LogP contribution in [-0.2, 0) is 45.4 Å². The molecular formula is C54H52Cl2N8O13. The van der Waals surface area contributed by atoms with Crippen LogP contribution in [0.2, 0.25) is 10.0 Å². The molecule has 0 aliphatic rings. The molecule has 0 fully saturated rings. The topological polar surface area (TPSA) is 262 Å². The van der Waals surface area contributed by atoms with Gasteiger partial charge in [0.2, 0.25) is 23.6 Å². The second-order valence-electron chi connectivity index (χ2n) is 16.5. The molecule has 0 aliphatic carbocycles. The van der Waals surface area contributed by atoms with Gasteiger partial charge in [0.15, 0.2) is 0 Å². The molecule has 6 aromatic carbocycles. The molecule has 400 valence electrons. The summed E-state index contributed by atoms with van der Waals surface area (Å²) in [4.78, 5) is 104. The number of halogens is 2. The van der Waals surface area contributed by atoms with Gasteiger partial charge in [-0.1, -0.05) is 84.7 Å². The molecule has 0 radical (unpaired) electrons. The van der Waals surface area contributed by atoms with E-state index < -0.39 is 72.3 Å². The third-order valence-corrected chi connectivity index (χ3v) is 12.1. The number of hydrogen-bond donors (Lipinski definition) is 5. The van der Waals surface area contributed by atoms with Crippen LogP contribution in [0.3, 0.4) is 0 Å². The summed E-state index contributed by atoms with van der Waals surface area (Å²) in [7, 11) is 5.72. The lowest BCUT2D eigenvalue weighted by molar-refractivity contribution is -0.118. The SMILES string of the molecule is C.COc1cc(OC)c(NC(=O)Cn2c(=O)n(CC(=O)Nc3ccc(C)cc3)c(=O)c3ccccc32)cc1Cl.COc1cc(OC)c(NC(=O)Cn2c(=O)n(CC(=O)Nc3ccccc3O)c(=O)c3ccccc32)cc1Cl. The molecule has 0 saturated heterocycles. The van der Waals surface area contributed by atoms with Crippen molar-refractivity contribution in [3.05, 3.63) is 179 Å². The predicted octanol–water partition coefficient (Wildman–Crippen LogP) is 6.87. The molecular weight excluding hydrogens is 1040 g/mol. The van der Waals surface area contributed by atoms with Crippen molar-refractivity contribution in [2.24, 2.45) is 0 Å². The molecule has 2 aromatic heterocycles. The van der Waals surface area contributed by atoms with Crippen LogP contribution < -0.4 is 62.7 Å². The van der Waals surface area contributed by atoms with Gasteiger partial charge in [0.1, 0.15) is 54.9 Å². The number of aromatic nitrogens is 4. The van der Waals surface area contributed by atoms with Crippen LogP contribution in [0.5, 0.6) is 28.7 Å². The smallest absolute Gasteiger partial charge is 0.332 e. The summed E-state index contributed by atoms with van der Waals surface area (Å²) in [5, 5.41) is 21.2. The number of aromatic hydroxyl groups is 1. The summed E-state index contributed by atoms with van der Waals surface area (Å²) in [6.07, 6.45) is 0. The first kappa shape index (κ1) is 56.9. The average molecular weight is 1090 g/mol. The fourth-order valence-corrected chi connectivity index (χ4v) is 8.28. The summed E-state index contributed by atoms with van der Waals surface area (Å²) in [6.45, 7) is -0.169. The molecule has 0 atom stereocenters. The Labute approximate surface area is 448 Å². The van der Waals surface area contributed by atoms with Crippen molar-refractivity contribution in [1.29, 1.82) is 0 Å². The van der Waals surface area contributed by atoms with Crippen molar-refractivity contribution in [2.75, 3.05) is 49.7 Å². The Kier molecular flexibility index (Phi) is 18.7. The van der Waals surface area contributed by atoms with Gasteiger partial charge in [0.25, 0.3) is 11.1 Å². The van der Waals surface area contributed by atoms with Crippen molar-refractivity contribution in [2.45, 2.75) is 40.5 Å². The molecule has 0 saturated carbocycles. The van der Waals surface area contributed by atoms with Crippen LogP contribution in [0.15, 0.2) is 141 Å². The highest BCUT2D eigenvalue weighted by atomic mass is 35.5. The standard InChI is InChI=1S/C27H25ClN4O6.C26H23ClN4O7.CH4/c1-16-8-10-17(11-9-16)29-24(33)15-32-26(35)18-6-4-5-7-21(18)31(27(32)36)14-25(34)30-20-12-19(28)22(37-2)13-23(20)38-3;1-37-21-12-22(38-2)18(11-16(21)27)29-23(33)13-30-19-9-5-3-7-15(19)25(35)31(26(30)36)14-24(34)28-17-8-4-6-10-20(17)32;/h4-13H,14-15H2,1-3H3,(H,29,33)(H,30,34);3-12,32H,13-14H2,1-2H3,(H,28,34)(H,29,33);1H4. The fraction of sp³-hybridized carbons (Fsp3) is 0.185. The van der Waals surface area contributed by atoms with Gasteiger partial charge in [-0.3, -0.25) is 47.0 Å². The maximum atomic E-state index is 13.4. The van der Waals surface area contributed by atoms with E-state index in [-0.39, 0.29) is 67.8 Å². The normalized spacial score (nSPS) is 10.6. The van der Waals surface area contributed by atoms with E-state index in [1.807, 2.05) is 19.1 Å². The zero-order valence-electron chi connectivity index (χ0n) is 41.3. The molecule has 2 heterocycles. The molecule has 0 spiro atoms. The Hall–Kier alpha value is -9.34. The molecule has 5 N–H and O–H groups in total. The largest absolute Gasteiger partial charge is 0.506 e. The number of nitrogens with one attached hydrogen (secondary N) is 4. The lowest BCUT2D eigenvalue weighted by Gasteiger charge is -2.16. The van der Waals surface area contributed by atoms with Crippen LogP contribution in [0.1, 0.15) is 13.0 Å². The van der Waals surface area contributed by atoms with E-state index in [2.05, 4.69) is 21.3 Å². The highest BCUT2D eigenvalue weighted by Gasteiger charge is 2.22. The van der Waals surface area contributed by atoms with Gasteiger partial charge in [-0.25, -0.2) is 9.59 Å². The first-order valence-electron chi connectivity index (χ1n) is 22.8. The zero-order chi connectivity index (χ0) is 54.8. The van der Waals surface area contributed by atoms with E-state index in [1.54, 1.807) is 54.6 Å². The summed E-state index contributed by atoms with van der Waals surface area (Å²) >= 11 is 12.4. The third kappa shape index (κ3) is 13.1. The molecule has 23 heteroatoms. The minimum Gasteiger partial charge on any atom is -0.506 e. The van der Waals surface area contributed by atoms with Crippen molar-refractivity contribution in [1.82, 2.24) is 18.3 Å². The second kappa shape index (κ2) is 25.3. The number of phenolic OH excluding ortho intramolecular Hbond substituents is 1. The predicted molar refractivity (Wildman–Crippen MR) is 295 cm³/mol. The Morgan fingerprint density at radius 1 is 0.468 bits per heavy atom. The number of fused-ring (bicyclic) bond motifs is 2. The molecule has 8 aromatic rings. The van der Waals surface area contributed by atoms with Crippen molar-refractivity contribution >= 4 is 91.4 Å². The second-order valence-corrected chi connectivity index (χ2v) is 17.3. The zero-order valence-corrected chi connectivity index (χ0v) is 42.8. The number of nitrogens with zero attached hydrogens (tertiary/aromatic N) is 4. The van der Waals surface area contributed by atoms with Gasteiger partial charge in [-0.15, -0.1) is 0 Å². The molecule has 0 bridgehead atoms. The quantitative estimate of drug-likeness (QED) is 0.0620. The number of amides is 4. The number of hydrogen-bond acceptors (Lipinski definition) is 13. The number of aryl methyl sites for hydroxylation is 1. The monoisotopic (exact) mass is 1090 g/mol. The number of rotatable bonds is 16. The Bertz CT molecular complexity index is 3800. The highest BCUT2D eigenvalue weighted by Crippen LogP contribution is 2.37. The highest BCUT2D eigenvalue weighted by molar-refractivity contribution is 6.33. The summed E-state index contributed by atoms with van der Waals surface area (Å²) in [5.74, 6) is -1.34. The van der Waals surface area contributed by atoms with Gasteiger partial charge in [0, 0.05) is 17.8 Å². The summed E-state index contributed by atoms with van der Waals surface area (Å²) < 4.78 is 24.7. The lowest BCUT2D eigenvalue weighted by atomic mass is 10.2. The first-order valence-corrected chi connectivity index (χ1v) is 23.5. The van der Waals surface area contributed by atoms with Crippen molar-refractivity contribution in [3.63, 3.8) is 0 Å². The van der Waals surface area contributed by atoms with E-state index in [1.165, 1.54) is 83.0 Å². The minimum absolute atomic E-state index is 0. The van der Waals surface area contributed by atoms with Crippen LogP contribution in [-0.4, -0.2) is 75.4 Å². The summed E-state index contributed by atoms with van der Waals surface area (Å²) in [5.41, 5.74) is -0.338. The first-order chi connectivity index (χ1) is 36.4. The van der Waals surface area contributed by atoms with E-state index >= 15 is 0 Å². The maximum absolute atomic E-state index is 13.4. The van der Waals surface area contributed by atoms with E-state index in [0.717, 1.165) is 23.8 Å². The molecule has 21 nitrogen and oxygen atoms in total. The van der Waals surface area contributed by atoms with Crippen molar-refractivity contribution < 1.29 is 43.2 Å². The fourth-order valence-electron chi connectivity index (χ4n) is 7.80. The number of carbonyl (C=O) groups is 4. The molecule has 8 rings (SSSR count). The van der Waals surface area contributed by atoms with Crippen LogP contribution in [0.25, 0.3) is 21.8 Å². The van der Waals surface area contributed by atoms with Crippen LogP contribution >= 0.6 is 23.2 Å². The van der Waals surface area contributed by atoms with Crippen LogP contribution in [0, 0.1) is 6.92 Å². The molecule has 77 heavy (non-hydrogen) atoms. The van der Waals surface area contributed by atoms with Gasteiger partial charge in [-0.2, -0.15) is 0 Å². The van der Waals surface area contributed by atoms with Gasteiger partial charge in [-0.05, 0) is 67.6 Å². The van der Waals surface area contributed by atoms with Gasteiger partial charge >= 0.3 is 11.4 Å². The molecule has 4 amide bonds. The Morgan fingerprint density at radius 2 is 0.831 bits per heavy atom. The average Bonchev–Trinajstić information content (AvgIpc) is 3.43. The Balaban J connectivity index is 0.000000246. The third-order valence-electron chi connectivity index (χ3n) is 11.5. The number of para-hydroxylation sites is 4. The van der Waals surface area contributed by atoms with E-state index in [0.29, 0.717) is 22.9 Å². The van der Waals surface area contributed by atoms with Gasteiger partial charge in [0.05, 0.1) is 77.4 Å². The maximum Gasteiger partial charge on any atom is 0.332 e. The number of carbonyl (C=O) groups excluding carboxylic acids is 4. The number of methoxy groups -OCH3 is 4. The van der Waals surface area contributed by atoms with Gasteiger partial charge < -0.3 is 45.3 Å². The number of benzene rings is 6. The summed E-state index contributed by atoms with van der Waals surface area (Å²) in [6, 6.07) is 31.7. The molecule has 0 aliphatic heterocycles. The van der Waals surface area contributed by atoms with E-state index in [9.17, 15) is 43.5 Å². The van der Waals surface area contributed by atoms with Crippen molar-refractivity contribution in [3.8, 4) is 28.7 Å². The lowest BCUT2D eigenvalue weighted by Crippen LogP contribution is -2.44. The van der Waals surface area contributed by atoms with E-state index in [4.69, 9.17) is 42.1 Å². The molecule has 0 unspecified atom stereocenters. The Morgan fingerprint density at radius 3 is 1.25 bits per heavy atom. The number of ether oxygens (including phenoxy) is 4. The minimum atomic E-state index is -0.865.